The fourth-order valence-corrected chi connectivity index (χ4v) is 2.90. The van der Waals surface area contributed by atoms with E-state index in [1.165, 1.54) is 11.6 Å². The maximum Gasteiger partial charge on any atom is 0.531 e. The number of rotatable bonds is 7. The van der Waals surface area contributed by atoms with Gasteiger partial charge in [0.25, 0.3) is 5.88 Å². The lowest BCUT2D eigenvalue weighted by molar-refractivity contribution is 0.0663. The molecule has 140 valence electrons. The predicted octanol–water partition coefficient (Wildman–Crippen LogP) is 3.07. The molecule has 1 unspecified atom stereocenters. The summed E-state index contributed by atoms with van der Waals surface area (Å²) in [6, 6.07) is 15.8. The highest BCUT2D eigenvalue weighted by molar-refractivity contribution is 7.47. The van der Waals surface area contributed by atoms with E-state index in [0.717, 1.165) is 0 Å². The summed E-state index contributed by atoms with van der Waals surface area (Å²) in [7, 11) is -3.12. The zero-order valence-corrected chi connectivity index (χ0v) is 15.3. The fourth-order valence-electron chi connectivity index (χ4n) is 2.32. The lowest BCUT2D eigenvalue weighted by Crippen LogP contribution is -2.21. The largest absolute Gasteiger partial charge is 0.531 e. The molecule has 8 nitrogen and oxygen atoms in total. The second-order valence-electron chi connectivity index (χ2n) is 5.51. The number of hydrogen-bond acceptors (Lipinski definition) is 6. The number of phosphoric ester groups is 1. The summed E-state index contributed by atoms with van der Waals surface area (Å²) in [5.41, 5.74) is 1.02. The van der Waals surface area contributed by atoms with Crippen LogP contribution < -0.4 is 10.1 Å². The molecule has 3 aromatic rings. The van der Waals surface area contributed by atoms with Crippen molar-refractivity contribution in [2.45, 2.75) is 0 Å². The van der Waals surface area contributed by atoms with Crippen LogP contribution in [0.5, 0.6) is 5.88 Å². The number of fused-ring (bicyclic) bond motifs is 1. The second-order valence-corrected chi connectivity index (χ2v) is 6.89. The van der Waals surface area contributed by atoms with Crippen LogP contribution >= 0.6 is 7.82 Å². The molecule has 0 amide bonds. The first-order valence-corrected chi connectivity index (χ1v) is 9.37. The van der Waals surface area contributed by atoms with Gasteiger partial charge in [0, 0.05) is 12.6 Å². The Bertz CT molecular complexity index is 1080. The monoisotopic (exact) mass is 388 g/mol. The molecule has 1 aromatic heterocycles. The van der Waals surface area contributed by atoms with Gasteiger partial charge in [0.1, 0.15) is 5.76 Å². The lowest BCUT2D eigenvalue weighted by Gasteiger charge is -2.14. The molecule has 0 radical (unpaired) electrons. The average molecular weight is 388 g/mol. The van der Waals surface area contributed by atoms with E-state index in [1.54, 1.807) is 48.5 Å². The molecule has 1 atom stereocenters. The molecule has 0 spiro atoms. The Morgan fingerprint density at radius 1 is 1.19 bits per heavy atom. The molecular formula is C18H17N2O6P. The van der Waals surface area contributed by atoms with Gasteiger partial charge in [0.05, 0.1) is 11.0 Å². The lowest BCUT2D eigenvalue weighted by atomic mass is 10.2. The smallest absolute Gasteiger partial charge is 0.467 e. The molecule has 1 heterocycles. The van der Waals surface area contributed by atoms with Gasteiger partial charge in [0.2, 0.25) is 6.79 Å². The minimum atomic E-state index is -4.63. The Hall–Kier alpha value is -2.93. The minimum absolute atomic E-state index is 0.260. The molecule has 0 aliphatic carbocycles. The normalized spacial score (nSPS) is 13.1. The Labute approximate surface area is 154 Å². The van der Waals surface area contributed by atoms with Gasteiger partial charge >= 0.3 is 13.4 Å². The summed E-state index contributed by atoms with van der Waals surface area (Å²) in [5, 5.41) is 0. The van der Waals surface area contributed by atoms with E-state index in [1.807, 2.05) is 6.07 Å². The number of para-hydroxylation sites is 2. The van der Waals surface area contributed by atoms with Crippen LogP contribution in [0.15, 0.2) is 66.0 Å². The third-order valence-corrected chi connectivity index (χ3v) is 4.53. The van der Waals surface area contributed by atoms with E-state index in [9.17, 15) is 14.3 Å². The van der Waals surface area contributed by atoms with E-state index in [0.29, 0.717) is 16.6 Å². The molecule has 0 aliphatic rings. The van der Waals surface area contributed by atoms with Gasteiger partial charge in [-0.15, -0.1) is 0 Å². The van der Waals surface area contributed by atoms with Crippen molar-refractivity contribution in [3.63, 3.8) is 0 Å². The molecule has 27 heavy (non-hydrogen) atoms. The quantitative estimate of drug-likeness (QED) is 0.377. The molecule has 0 aliphatic heterocycles. The molecule has 3 rings (SSSR count). The first-order chi connectivity index (χ1) is 12.9. The maximum atomic E-state index is 12.3. The molecule has 2 aromatic carbocycles. The third-order valence-electron chi connectivity index (χ3n) is 3.70. The van der Waals surface area contributed by atoms with E-state index >= 15 is 0 Å². The van der Waals surface area contributed by atoms with E-state index in [2.05, 4.69) is 11.6 Å². The van der Waals surface area contributed by atoms with E-state index in [-0.39, 0.29) is 5.76 Å². The van der Waals surface area contributed by atoms with Gasteiger partial charge < -0.3 is 13.8 Å². The highest BCUT2D eigenvalue weighted by atomic mass is 31.2. The third kappa shape index (κ3) is 4.43. The topological polar surface area (TPSA) is 99.9 Å². The second kappa shape index (κ2) is 7.75. The predicted molar refractivity (Wildman–Crippen MR) is 100.0 cm³/mol. The number of hydrogen-bond donors (Lipinski definition) is 1. The highest BCUT2D eigenvalue weighted by Gasteiger charge is 2.27. The van der Waals surface area contributed by atoms with Crippen molar-refractivity contribution in [2.75, 3.05) is 6.79 Å². The Morgan fingerprint density at radius 3 is 2.59 bits per heavy atom. The number of benzene rings is 2. The maximum absolute atomic E-state index is 12.3. The van der Waals surface area contributed by atoms with Crippen molar-refractivity contribution >= 4 is 24.6 Å². The Morgan fingerprint density at radius 2 is 1.85 bits per heavy atom. The van der Waals surface area contributed by atoms with E-state index in [4.69, 9.17) is 13.8 Å². The van der Waals surface area contributed by atoms with Crippen molar-refractivity contribution in [3.05, 3.63) is 77.1 Å². The first kappa shape index (κ1) is 18.8. The number of phosphoric acid groups is 1. The van der Waals surface area contributed by atoms with Gasteiger partial charge in [-0.05, 0) is 12.1 Å². The molecule has 0 saturated carbocycles. The number of ether oxygens (including phenoxy) is 1. The molecule has 1 N–H and O–H groups in total. The zero-order valence-electron chi connectivity index (χ0n) is 14.4. The van der Waals surface area contributed by atoms with Crippen LogP contribution in [0.4, 0.5) is 0 Å². The molecule has 9 heteroatoms. The summed E-state index contributed by atoms with van der Waals surface area (Å²) in [4.78, 5) is 26.1. The molecule has 0 fully saturated rings. The van der Waals surface area contributed by atoms with Crippen LogP contribution in [-0.2, 0) is 20.9 Å². The van der Waals surface area contributed by atoms with Crippen molar-refractivity contribution in [1.29, 1.82) is 0 Å². The van der Waals surface area contributed by atoms with E-state index < -0.39 is 26.1 Å². The standard InChI is InChI=1S/C18H17N2O6P/c1-13(14-8-4-3-5-9-14)24-12-25-27(22,23)26-17-18(21)20(2)16-11-7-6-10-15(16)19-17/h3-11H,1,12H2,2H3,(H,22,23). The molecule has 0 bridgehead atoms. The van der Waals surface area contributed by atoms with Gasteiger partial charge in [-0.1, -0.05) is 49.0 Å². The summed E-state index contributed by atoms with van der Waals surface area (Å²) in [5.74, 6) is -0.278. The van der Waals surface area contributed by atoms with Gasteiger partial charge in [0.15, 0.2) is 0 Å². The number of aryl methyl sites for hydroxylation is 1. The van der Waals surface area contributed by atoms with Crippen LogP contribution in [0, 0.1) is 0 Å². The van der Waals surface area contributed by atoms with Crippen LogP contribution in [-0.4, -0.2) is 21.2 Å². The summed E-state index contributed by atoms with van der Waals surface area (Å²) in [6.45, 7) is 3.12. The summed E-state index contributed by atoms with van der Waals surface area (Å²) < 4.78 is 28.2. The zero-order chi connectivity index (χ0) is 19.4. The first-order valence-electron chi connectivity index (χ1n) is 7.87. The average Bonchev–Trinajstić information content (AvgIpc) is 2.66. The van der Waals surface area contributed by atoms with Crippen LogP contribution in [0.3, 0.4) is 0 Å². The number of nitrogens with zero attached hydrogens (tertiary/aromatic N) is 2. The van der Waals surface area contributed by atoms with Crippen molar-refractivity contribution in [3.8, 4) is 5.88 Å². The minimum Gasteiger partial charge on any atom is -0.467 e. The Kier molecular flexibility index (Phi) is 5.41. The summed E-state index contributed by atoms with van der Waals surface area (Å²) >= 11 is 0. The van der Waals surface area contributed by atoms with Crippen LogP contribution in [0.2, 0.25) is 0 Å². The van der Waals surface area contributed by atoms with Crippen LogP contribution in [0.25, 0.3) is 16.8 Å². The van der Waals surface area contributed by atoms with Gasteiger partial charge in [-0.2, -0.15) is 0 Å². The Balaban J connectivity index is 1.69. The highest BCUT2D eigenvalue weighted by Crippen LogP contribution is 2.42. The SMILES string of the molecule is C=C(OCOP(=O)(O)Oc1nc2ccccc2n(C)c1=O)c1ccccc1. The summed E-state index contributed by atoms with van der Waals surface area (Å²) in [6.07, 6.45) is 0. The van der Waals surface area contributed by atoms with Crippen molar-refractivity contribution in [2.24, 2.45) is 7.05 Å². The van der Waals surface area contributed by atoms with Crippen molar-refractivity contribution < 1.29 is 23.2 Å². The fraction of sp³-hybridized carbons (Fsp3) is 0.111. The molecular weight excluding hydrogens is 371 g/mol. The number of aromatic nitrogens is 2. The van der Waals surface area contributed by atoms with Crippen molar-refractivity contribution in [1.82, 2.24) is 9.55 Å². The van der Waals surface area contributed by atoms with Gasteiger partial charge in [-0.25, -0.2) is 14.1 Å². The van der Waals surface area contributed by atoms with Gasteiger partial charge in [-0.3, -0.25) is 9.69 Å². The van der Waals surface area contributed by atoms with Crippen LogP contribution in [0.1, 0.15) is 5.56 Å². The molecule has 0 saturated heterocycles.